The Morgan fingerprint density at radius 3 is 2.47 bits per heavy atom. The van der Waals surface area contributed by atoms with Gasteiger partial charge in [-0.05, 0) is 26.2 Å². The van der Waals surface area contributed by atoms with Crippen molar-refractivity contribution in [1.82, 2.24) is 0 Å². The first-order chi connectivity index (χ1) is 8.18. The number of carbonyl (C=O) groups is 1. The van der Waals surface area contributed by atoms with Crippen LogP contribution in [-0.2, 0) is 9.53 Å². The molecule has 0 aliphatic carbocycles. The van der Waals surface area contributed by atoms with Crippen molar-refractivity contribution in [2.24, 2.45) is 0 Å². The minimum Gasteiger partial charge on any atom is -0.478 e. The molecule has 0 aromatic rings. The lowest BCUT2D eigenvalue weighted by Crippen LogP contribution is -1.98. The molecule has 96 valence electrons. The normalized spacial score (nSPS) is 12.7. The highest BCUT2D eigenvalue weighted by atomic mass is 16.5. The van der Waals surface area contributed by atoms with Gasteiger partial charge in [0.15, 0.2) is 0 Å². The van der Waals surface area contributed by atoms with Gasteiger partial charge in [-0.1, -0.05) is 37.3 Å². The summed E-state index contributed by atoms with van der Waals surface area (Å²) in [6, 6.07) is 0. The maximum Gasteiger partial charge on any atom is 0.330 e. The highest BCUT2D eigenvalue weighted by Gasteiger charge is 1.97. The van der Waals surface area contributed by atoms with Crippen LogP contribution in [0.25, 0.3) is 0 Å². The molecule has 0 atom stereocenters. The number of hydrogen-bond donors (Lipinski definition) is 1. The highest BCUT2D eigenvalue weighted by molar-refractivity contribution is 5.85. The number of allylic oxidation sites excluding steroid dienone is 3. The summed E-state index contributed by atoms with van der Waals surface area (Å²) in [7, 11) is 0. The summed E-state index contributed by atoms with van der Waals surface area (Å²) in [5, 5.41) is 8.60. The number of carboxylic acid groups (broad SMARTS) is 1. The highest BCUT2D eigenvalue weighted by Crippen LogP contribution is 1.96. The van der Waals surface area contributed by atoms with Gasteiger partial charge in [-0.2, -0.15) is 0 Å². The van der Waals surface area contributed by atoms with Gasteiger partial charge in [0.2, 0.25) is 0 Å². The Balaban J connectivity index is 3.41. The van der Waals surface area contributed by atoms with Gasteiger partial charge in [0.25, 0.3) is 0 Å². The van der Waals surface area contributed by atoms with Gasteiger partial charge < -0.3 is 9.84 Å². The van der Waals surface area contributed by atoms with Crippen molar-refractivity contribution in [2.75, 3.05) is 13.2 Å². The van der Waals surface area contributed by atoms with Crippen LogP contribution in [0, 0.1) is 0 Å². The molecule has 0 aromatic carbocycles. The minimum absolute atomic E-state index is 0.373. The van der Waals surface area contributed by atoms with Crippen LogP contribution in [0.3, 0.4) is 0 Å². The molecule has 0 aromatic heterocycles. The third-order valence-electron chi connectivity index (χ3n) is 2.10. The van der Waals surface area contributed by atoms with E-state index in [0.29, 0.717) is 25.2 Å². The maximum absolute atomic E-state index is 10.5. The number of aliphatic carboxylic acids is 1. The fraction of sp³-hybridized carbons (Fsp3) is 0.500. The molecule has 0 radical (unpaired) electrons. The molecule has 0 aliphatic heterocycles. The monoisotopic (exact) mass is 238 g/mol. The van der Waals surface area contributed by atoms with Crippen LogP contribution in [-0.4, -0.2) is 24.3 Å². The molecular weight excluding hydrogens is 216 g/mol. The van der Waals surface area contributed by atoms with Crippen molar-refractivity contribution < 1.29 is 14.6 Å². The molecule has 0 bridgehead atoms. The molecule has 0 spiro atoms. The van der Waals surface area contributed by atoms with Gasteiger partial charge in [-0.15, -0.1) is 0 Å². The molecule has 17 heavy (non-hydrogen) atoms. The summed E-state index contributed by atoms with van der Waals surface area (Å²) in [4.78, 5) is 10.5. The molecule has 3 nitrogen and oxygen atoms in total. The molecule has 0 saturated heterocycles. The molecular formula is C14H22O3. The Kier molecular flexibility index (Phi) is 10.3. The summed E-state index contributed by atoms with van der Waals surface area (Å²) in [6.07, 6.45) is 12.5. The molecule has 3 heteroatoms. The van der Waals surface area contributed by atoms with Gasteiger partial charge in [-0.3, -0.25) is 0 Å². The zero-order valence-corrected chi connectivity index (χ0v) is 10.7. The van der Waals surface area contributed by atoms with E-state index >= 15 is 0 Å². The van der Waals surface area contributed by atoms with E-state index in [2.05, 4.69) is 19.1 Å². The topological polar surface area (TPSA) is 46.5 Å². The average molecular weight is 238 g/mol. The second kappa shape index (κ2) is 11.1. The summed E-state index contributed by atoms with van der Waals surface area (Å²) in [5.41, 5.74) is 0.373. The third-order valence-corrected chi connectivity index (χ3v) is 2.10. The van der Waals surface area contributed by atoms with Crippen molar-refractivity contribution in [3.63, 3.8) is 0 Å². The lowest BCUT2D eigenvalue weighted by molar-refractivity contribution is -0.132. The summed E-state index contributed by atoms with van der Waals surface area (Å²) < 4.78 is 5.36. The first-order valence-electron chi connectivity index (χ1n) is 5.98. The first kappa shape index (κ1) is 15.7. The van der Waals surface area contributed by atoms with Crippen molar-refractivity contribution >= 4 is 5.97 Å². The zero-order chi connectivity index (χ0) is 12.9. The standard InChI is InChI=1S/C14H22O3/c1-3-4-5-6-7-8-11-17-12-9-10-13(2)14(15)16/h4-7,10H,3,8-9,11-12H2,1-2H3,(H,15,16). The summed E-state index contributed by atoms with van der Waals surface area (Å²) >= 11 is 0. The molecule has 0 aliphatic rings. The summed E-state index contributed by atoms with van der Waals surface area (Å²) in [6.45, 7) is 4.94. The number of hydrogen-bond acceptors (Lipinski definition) is 2. The predicted octanol–water partition coefficient (Wildman–Crippen LogP) is 3.34. The molecule has 0 unspecified atom stereocenters. The molecule has 0 fully saturated rings. The van der Waals surface area contributed by atoms with Crippen LogP contribution in [0.2, 0.25) is 0 Å². The van der Waals surface area contributed by atoms with Crippen LogP contribution in [0.5, 0.6) is 0 Å². The lowest BCUT2D eigenvalue weighted by atomic mass is 10.2. The van der Waals surface area contributed by atoms with Crippen LogP contribution in [0.15, 0.2) is 36.0 Å². The maximum atomic E-state index is 10.5. The van der Waals surface area contributed by atoms with Crippen LogP contribution < -0.4 is 0 Å². The second-order valence-corrected chi connectivity index (χ2v) is 3.65. The zero-order valence-electron chi connectivity index (χ0n) is 10.7. The Hall–Kier alpha value is -1.35. The van der Waals surface area contributed by atoms with Crippen molar-refractivity contribution in [1.29, 1.82) is 0 Å². The average Bonchev–Trinajstić information content (AvgIpc) is 2.31. The van der Waals surface area contributed by atoms with E-state index in [1.54, 1.807) is 13.0 Å². The van der Waals surface area contributed by atoms with Crippen LogP contribution in [0.4, 0.5) is 0 Å². The predicted molar refractivity (Wildman–Crippen MR) is 70.0 cm³/mol. The number of carboxylic acids is 1. The van der Waals surface area contributed by atoms with Crippen LogP contribution in [0.1, 0.15) is 33.1 Å². The van der Waals surface area contributed by atoms with Crippen molar-refractivity contribution in [3.8, 4) is 0 Å². The van der Waals surface area contributed by atoms with Gasteiger partial charge in [-0.25, -0.2) is 4.79 Å². The lowest BCUT2D eigenvalue weighted by Gasteiger charge is -1.99. The third kappa shape index (κ3) is 10.9. The van der Waals surface area contributed by atoms with Gasteiger partial charge in [0, 0.05) is 5.57 Å². The Morgan fingerprint density at radius 1 is 1.18 bits per heavy atom. The van der Waals surface area contributed by atoms with E-state index < -0.39 is 5.97 Å². The quantitative estimate of drug-likeness (QED) is 0.381. The molecule has 0 amide bonds. The molecule has 0 heterocycles. The van der Waals surface area contributed by atoms with E-state index in [1.165, 1.54) is 0 Å². The van der Waals surface area contributed by atoms with E-state index in [1.807, 2.05) is 12.2 Å². The first-order valence-corrected chi connectivity index (χ1v) is 5.98. The van der Waals surface area contributed by atoms with E-state index in [0.717, 1.165) is 12.8 Å². The van der Waals surface area contributed by atoms with E-state index in [4.69, 9.17) is 9.84 Å². The molecule has 0 saturated carbocycles. The largest absolute Gasteiger partial charge is 0.478 e. The van der Waals surface area contributed by atoms with E-state index in [9.17, 15) is 4.79 Å². The smallest absolute Gasteiger partial charge is 0.330 e. The van der Waals surface area contributed by atoms with Gasteiger partial charge >= 0.3 is 5.97 Å². The Morgan fingerprint density at radius 2 is 1.82 bits per heavy atom. The van der Waals surface area contributed by atoms with Gasteiger partial charge in [0.05, 0.1) is 13.2 Å². The Bertz CT molecular complexity index is 288. The van der Waals surface area contributed by atoms with Gasteiger partial charge in [0.1, 0.15) is 0 Å². The fourth-order valence-corrected chi connectivity index (χ4v) is 1.09. The van der Waals surface area contributed by atoms with Crippen molar-refractivity contribution in [3.05, 3.63) is 36.0 Å². The van der Waals surface area contributed by atoms with Crippen LogP contribution >= 0.6 is 0 Å². The minimum atomic E-state index is -0.865. The number of rotatable bonds is 9. The Labute approximate surface area is 103 Å². The molecule has 1 N–H and O–H groups in total. The fourth-order valence-electron chi connectivity index (χ4n) is 1.09. The number of ether oxygens (including phenoxy) is 1. The second-order valence-electron chi connectivity index (χ2n) is 3.65. The van der Waals surface area contributed by atoms with Crippen molar-refractivity contribution in [2.45, 2.75) is 33.1 Å². The SMILES string of the molecule is CCC=CC=CCCOCCC=C(C)C(=O)O. The summed E-state index contributed by atoms with van der Waals surface area (Å²) in [5.74, 6) is -0.865. The molecule has 0 rings (SSSR count). The van der Waals surface area contributed by atoms with E-state index in [-0.39, 0.29) is 0 Å².